The van der Waals surface area contributed by atoms with E-state index >= 15 is 0 Å². The molecule has 8 nitrogen and oxygen atoms in total. The highest BCUT2D eigenvalue weighted by Crippen LogP contribution is 2.43. The lowest BCUT2D eigenvalue weighted by Crippen LogP contribution is -2.37. The van der Waals surface area contributed by atoms with E-state index in [1.165, 1.54) is 10.4 Å². The van der Waals surface area contributed by atoms with Gasteiger partial charge in [0.15, 0.2) is 5.65 Å². The molecule has 0 saturated carbocycles. The van der Waals surface area contributed by atoms with E-state index in [4.69, 9.17) is 9.47 Å². The number of carbonyl (C=O) groups is 1. The van der Waals surface area contributed by atoms with Crippen LogP contribution in [-0.4, -0.2) is 70.9 Å². The number of carbonyl (C=O) groups excluding carboxylic acids is 1. The molecule has 9 heteroatoms. The smallest absolute Gasteiger partial charge is 0.293 e. The molecule has 3 heterocycles. The first-order valence-electron chi connectivity index (χ1n) is 10.8. The summed E-state index contributed by atoms with van der Waals surface area (Å²) in [6, 6.07) is 0. The van der Waals surface area contributed by atoms with Crippen LogP contribution in [0.1, 0.15) is 48.3 Å². The lowest BCUT2D eigenvalue weighted by Gasteiger charge is -2.33. The Morgan fingerprint density at radius 2 is 1.97 bits per heavy atom. The van der Waals surface area contributed by atoms with E-state index in [1.54, 1.807) is 41.3 Å². The second-order valence-electron chi connectivity index (χ2n) is 9.22. The van der Waals surface area contributed by atoms with Gasteiger partial charge >= 0.3 is 0 Å². The van der Waals surface area contributed by atoms with Crippen molar-refractivity contribution >= 4 is 33.1 Å². The number of ether oxygens (including phenoxy) is 2. The van der Waals surface area contributed by atoms with E-state index in [9.17, 15) is 4.79 Å². The highest BCUT2D eigenvalue weighted by atomic mass is 32.1. The number of nitrogens with zero attached hydrogens (tertiary/aromatic N) is 5. The SMILES string of the molecule is COCCN(CCOC)C(=O)c1nc2c3c4c(sc3ncn2n1)CC(C(C)(C)C)CC4. The van der Waals surface area contributed by atoms with Crippen LogP contribution >= 0.6 is 11.3 Å². The number of thiophene rings is 1. The molecule has 0 aromatic carbocycles. The Kier molecular flexibility index (Phi) is 6.27. The fourth-order valence-corrected chi connectivity index (χ4v) is 5.53. The van der Waals surface area contributed by atoms with Crippen molar-refractivity contribution in [3.05, 3.63) is 22.6 Å². The van der Waals surface area contributed by atoms with Crippen LogP contribution in [0, 0.1) is 11.3 Å². The van der Waals surface area contributed by atoms with E-state index in [1.807, 2.05) is 0 Å². The molecule has 168 valence electrons. The zero-order chi connectivity index (χ0) is 22.2. The zero-order valence-electron chi connectivity index (χ0n) is 19.0. The molecule has 1 aliphatic carbocycles. The van der Waals surface area contributed by atoms with Gasteiger partial charge in [0.05, 0.1) is 18.6 Å². The fraction of sp³-hybridized carbons (Fsp3) is 0.636. The third kappa shape index (κ3) is 4.31. The molecule has 31 heavy (non-hydrogen) atoms. The maximum absolute atomic E-state index is 13.1. The van der Waals surface area contributed by atoms with Crippen LogP contribution in [-0.2, 0) is 22.3 Å². The molecule has 0 aliphatic heterocycles. The number of aryl methyl sites for hydroxylation is 1. The quantitative estimate of drug-likeness (QED) is 0.555. The van der Waals surface area contributed by atoms with Gasteiger partial charge in [0.25, 0.3) is 5.91 Å². The monoisotopic (exact) mass is 445 g/mol. The van der Waals surface area contributed by atoms with Gasteiger partial charge in [-0.3, -0.25) is 4.79 Å². The molecule has 3 aromatic heterocycles. The van der Waals surface area contributed by atoms with E-state index < -0.39 is 0 Å². The summed E-state index contributed by atoms with van der Waals surface area (Å²) >= 11 is 1.76. The summed E-state index contributed by atoms with van der Waals surface area (Å²) in [6.45, 7) is 8.78. The summed E-state index contributed by atoms with van der Waals surface area (Å²) in [5.74, 6) is 0.627. The predicted octanol–water partition coefficient (Wildman–Crippen LogP) is 3.23. The Bertz CT molecular complexity index is 1080. The minimum absolute atomic E-state index is 0.185. The molecule has 0 bridgehead atoms. The summed E-state index contributed by atoms with van der Waals surface area (Å²) in [4.78, 5) is 26.5. The van der Waals surface area contributed by atoms with Gasteiger partial charge in [-0.15, -0.1) is 16.4 Å². The van der Waals surface area contributed by atoms with Crippen LogP contribution in [0.5, 0.6) is 0 Å². The molecule has 3 aromatic rings. The number of hydrogen-bond donors (Lipinski definition) is 0. The molecule has 0 saturated heterocycles. The van der Waals surface area contributed by atoms with Crippen molar-refractivity contribution in [1.82, 2.24) is 24.5 Å². The number of methoxy groups -OCH3 is 2. The van der Waals surface area contributed by atoms with Gasteiger partial charge in [-0.2, -0.15) is 0 Å². The highest BCUT2D eigenvalue weighted by Gasteiger charge is 2.32. The summed E-state index contributed by atoms with van der Waals surface area (Å²) in [5, 5.41) is 5.51. The van der Waals surface area contributed by atoms with Gasteiger partial charge in [0, 0.05) is 32.2 Å². The lowest BCUT2D eigenvalue weighted by molar-refractivity contribution is 0.0616. The fourth-order valence-electron chi connectivity index (χ4n) is 4.26. The molecule has 0 fully saturated rings. The first-order valence-corrected chi connectivity index (χ1v) is 11.6. The van der Waals surface area contributed by atoms with Crippen molar-refractivity contribution in [2.24, 2.45) is 11.3 Å². The first-order chi connectivity index (χ1) is 14.8. The molecule has 0 radical (unpaired) electrons. The van der Waals surface area contributed by atoms with Crippen molar-refractivity contribution in [1.29, 1.82) is 0 Å². The molecule has 0 N–H and O–H groups in total. The van der Waals surface area contributed by atoms with Crippen molar-refractivity contribution in [2.45, 2.75) is 40.0 Å². The zero-order valence-corrected chi connectivity index (χ0v) is 19.8. The third-order valence-electron chi connectivity index (χ3n) is 6.22. The van der Waals surface area contributed by atoms with E-state index in [0.29, 0.717) is 37.6 Å². The van der Waals surface area contributed by atoms with Crippen molar-refractivity contribution < 1.29 is 14.3 Å². The van der Waals surface area contributed by atoms with Crippen LogP contribution in [0.25, 0.3) is 15.9 Å². The topological polar surface area (TPSA) is 81.9 Å². The van der Waals surface area contributed by atoms with Crippen LogP contribution in [0.2, 0.25) is 0 Å². The maximum atomic E-state index is 13.1. The molecular formula is C22H31N5O3S. The van der Waals surface area contributed by atoms with Gasteiger partial charge < -0.3 is 14.4 Å². The number of hydrogen-bond acceptors (Lipinski definition) is 7. The number of aromatic nitrogens is 4. The minimum Gasteiger partial charge on any atom is -0.383 e. The van der Waals surface area contributed by atoms with Crippen LogP contribution in [0.15, 0.2) is 6.33 Å². The summed E-state index contributed by atoms with van der Waals surface area (Å²) in [7, 11) is 3.24. The Morgan fingerprint density at radius 1 is 1.26 bits per heavy atom. The highest BCUT2D eigenvalue weighted by molar-refractivity contribution is 7.19. The normalized spacial score (nSPS) is 16.7. The van der Waals surface area contributed by atoms with Gasteiger partial charge in [-0.1, -0.05) is 20.8 Å². The molecule has 1 atom stereocenters. The van der Waals surface area contributed by atoms with Gasteiger partial charge in [-0.25, -0.2) is 14.5 Å². The molecule has 1 aliphatic rings. The molecule has 1 amide bonds. The summed E-state index contributed by atoms with van der Waals surface area (Å²) in [5.41, 5.74) is 2.35. The van der Waals surface area contributed by atoms with Gasteiger partial charge in [-0.05, 0) is 36.2 Å². The molecule has 4 rings (SSSR count). The number of rotatable bonds is 7. The van der Waals surface area contributed by atoms with Gasteiger partial charge in [0.1, 0.15) is 11.2 Å². The Balaban J connectivity index is 1.70. The lowest BCUT2D eigenvalue weighted by atomic mass is 9.72. The Labute approximate surface area is 186 Å². The van der Waals surface area contributed by atoms with Crippen LogP contribution < -0.4 is 0 Å². The molecule has 0 spiro atoms. The predicted molar refractivity (Wildman–Crippen MR) is 121 cm³/mol. The molecule has 1 unspecified atom stereocenters. The first kappa shape index (κ1) is 22.1. The second-order valence-corrected chi connectivity index (χ2v) is 10.3. The minimum atomic E-state index is -0.220. The number of fused-ring (bicyclic) bond motifs is 5. The Hall–Kier alpha value is -2.10. The summed E-state index contributed by atoms with van der Waals surface area (Å²) in [6.07, 6.45) is 4.92. The van der Waals surface area contributed by atoms with Crippen LogP contribution in [0.4, 0.5) is 0 Å². The van der Waals surface area contributed by atoms with E-state index in [2.05, 4.69) is 35.8 Å². The van der Waals surface area contributed by atoms with Crippen molar-refractivity contribution in [3.8, 4) is 0 Å². The van der Waals surface area contributed by atoms with E-state index in [0.717, 1.165) is 35.1 Å². The Morgan fingerprint density at radius 3 is 2.61 bits per heavy atom. The van der Waals surface area contributed by atoms with Crippen molar-refractivity contribution in [2.75, 3.05) is 40.5 Å². The second kappa shape index (κ2) is 8.80. The molecular weight excluding hydrogens is 414 g/mol. The largest absolute Gasteiger partial charge is 0.383 e. The standard InChI is InChI=1S/C22H31N5O3S/c1-22(2,3)14-6-7-15-16(12-14)31-20-17(15)19-24-18(25-27(19)13-23-20)21(28)26(8-10-29-4)9-11-30-5/h13-14H,6-12H2,1-5H3. The third-order valence-corrected chi connectivity index (χ3v) is 7.38. The van der Waals surface area contributed by atoms with Crippen LogP contribution in [0.3, 0.4) is 0 Å². The maximum Gasteiger partial charge on any atom is 0.293 e. The van der Waals surface area contributed by atoms with Crippen molar-refractivity contribution in [3.63, 3.8) is 0 Å². The average Bonchev–Trinajstić information content (AvgIpc) is 3.33. The summed E-state index contributed by atoms with van der Waals surface area (Å²) < 4.78 is 11.9. The average molecular weight is 446 g/mol. The van der Waals surface area contributed by atoms with Gasteiger partial charge in [0.2, 0.25) is 5.82 Å². The number of amides is 1. The van der Waals surface area contributed by atoms with E-state index in [-0.39, 0.29) is 11.7 Å².